The lowest BCUT2D eigenvalue weighted by atomic mass is 9.99. The van der Waals surface area contributed by atoms with E-state index < -0.39 is 0 Å². The first-order valence-corrected chi connectivity index (χ1v) is 7.68. The minimum Gasteiger partial charge on any atom is -0.383 e. The van der Waals surface area contributed by atoms with Crippen LogP contribution < -0.4 is 11.3 Å². The average Bonchev–Trinajstić information content (AvgIpc) is 2.81. The molecule has 0 aliphatic carbocycles. The number of nitrogens with one attached hydrogen (secondary N) is 1. The summed E-state index contributed by atoms with van der Waals surface area (Å²) in [6.07, 6.45) is 1.76. The van der Waals surface area contributed by atoms with Gasteiger partial charge in [-0.15, -0.1) is 0 Å². The number of hydrogen-bond acceptors (Lipinski definition) is 4. The van der Waals surface area contributed by atoms with Crippen LogP contribution in [0.1, 0.15) is 22.9 Å². The molecule has 0 radical (unpaired) electrons. The molecule has 3 N–H and O–H groups in total. The van der Waals surface area contributed by atoms with E-state index >= 15 is 0 Å². The van der Waals surface area contributed by atoms with E-state index in [1.807, 2.05) is 29.8 Å². The number of halogens is 2. The van der Waals surface area contributed by atoms with Crippen molar-refractivity contribution in [2.24, 2.45) is 5.84 Å². The molecule has 5 nitrogen and oxygen atoms in total. The average molecular weight is 374 g/mol. The van der Waals surface area contributed by atoms with Gasteiger partial charge in [0.2, 0.25) is 0 Å². The second-order valence-corrected chi connectivity index (χ2v) is 5.99. The van der Waals surface area contributed by atoms with Crippen molar-refractivity contribution in [3.05, 3.63) is 50.7 Å². The molecule has 114 valence electrons. The van der Waals surface area contributed by atoms with Gasteiger partial charge < -0.3 is 4.74 Å². The molecule has 0 aliphatic rings. The molecule has 1 aromatic carbocycles. The van der Waals surface area contributed by atoms with Crippen LogP contribution in [0.4, 0.5) is 0 Å². The molecular weight excluding hydrogens is 356 g/mol. The highest BCUT2D eigenvalue weighted by Crippen LogP contribution is 2.30. The second-order valence-electron chi connectivity index (χ2n) is 4.69. The number of nitrogens with zero attached hydrogens (tertiary/aromatic N) is 2. The van der Waals surface area contributed by atoms with Crippen LogP contribution in [0.5, 0.6) is 0 Å². The number of aromatic nitrogens is 2. The summed E-state index contributed by atoms with van der Waals surface area (Å²) in [5, 5.41) is 5.07. The van der Waals surface area contributed by atoms with Gasteiger partial charge in [-0.05, 0) is 46.1 Å². The van der Waals surface area contributed by atoms with E-state index in [9.17, 15) is 0 Å². The normalized spacial score (nSPS) is 12.6. The van der Waals surface area contributed by atoms with Crippen LogP contribution in [-0.4, -0.2) is 23.5 Å². The predicted octanol–water partition coefficient (Wildman–Crippen LogP) is 2.81. The summed E-state index contributed by atoms with van der Waals surface area (Å²) in [5.41, 5.74) is 5.95. The molecule has 1 aromatic heterocycles. The van der Waals surface area contributed by atoms with E-state index in [-0.39, 0.29) is 6.04 Å². The Kier molecular flexibility index (Phi) is 5.78. The first kappa shape index (κ1) is 16.5. The highest BCUT2D eigenvalue weighted by atomic mass is 79.9. The summed E-state index contributed by atoms with van der Waals surface area (Å²) >= 11 is 9.57. The van der Waals surface area contributed by atoms with E-state index in [4.69, 9.17) is 22.2 Å². The van der Waals surface area contributed by atoms with Crippen molar-refractivity contribution >= 4 is 27.5 Å². The van der Waals surface area contributed by atoms with Crippen molar-refractivity contribution in [2.45, 2.75) is 19.5 Å². The molecule has 0 aliphatic heterocycles. The second kappa shape index (κ2) is 7.38. The molecule has 0 bridgehead atoms. The Balaban J connectivity index is 2.43. The zero-order valence-corrected chi connectivity index (χ0v) is 14.3. The van der Waals surface area contributed by atoms with Crippen molar-refractivity contribution in [3.8, 4) is 0 Å². The van der Waals surface area contributed by atoms with Gasteiger partial charge >= 0.3 is 0 Å². The largest absolute Gasteiger partial charge is 0.383 e. The molecule has 0 saturated heterocycles. The van der Waals surface area contributed by atoms with Gasteiger partial charge in [-0.1, -0.05) is 17.7 Å². The smallest absolute Gasteiger partial charge is 0.0892 e. The number of ether oxygens (including phenoxy) is 1. The van der Waals surface area contributed by atoms with Crippen molar-refractivity contribution in [1.29, 1.82) is 0 Å². The molecule has 0 fully saturated rings. The zero-order valence-electron chi connectivity index (χ0n) is 11.9. The van der Waals surface area contributed by atoms with Crippen molar-refractivity contribution in [2.75, 3.05) is 13.7 Å². The van der Waals surface area contributed by atoms with Crippen LogP contribution >= 0.6 is 27.5 Å². The highest BCUT2D eigenvalue weighted by Gasteiger charge is 2.22. The van der Waals surface area contributed by atoms with E-state index in [1.54, 1.807) is 13.3 Å². The number of aryl methyl sites for hydroxylation is 1. The first-order valence-electron chi connectivity index (χ1n) is 6.50. The number of hydrazine groups is 1. The molecule has 1 heterocycles. The lowest BCUT2D eigenvalue weighted by molar-refractivity contribution is 0.182. The molecule has 7 heteroatoms. The Morgan fingerprint density at radius 3 is 2.90 bits per heavy atom. The topological polar surface area (TPSA) is 65.1 Å². The van der Waals surface area contributed by atoms with Gasteiger partial charge in [-0.2, -0.15) is 5.10 Å². The summed E-state index contributed by atoms with van der Waals surface area (Å²) in [6.45, 7) is 3.25. The van der Waals surface area contributed by atoms with Gasteiger partial charge in [0.05, 0.1) is 35.6 Å². The number of methoxy groups -OCH3 is 1. The van der Waals surface area contributed by atoms with Gasteiger partial charge in [0, 0.05) is 12.1 Å². The van der Waals surface area contributed by atoms with E-state index in [2.05, 4.69) is 26.5 Å². The molecule has 2 rings (SSSR count). The summed E-state index contributed by atoms with van der Waals surface area (Å²) in [6, 6.07) is 5.57. The van der Waals surface area contributed by atoms with Crippen LogP contribution in [0.15, 0.2) is 28.9 Å². The zero-order chi connectivity index (χ0) is 15.4. The Labute approximate surface area is 137 Å². The fraction of sp³-hybridized carbons (Fsp3) is 0.357. The molecule has 0 saturated carbocycles. The SMILES string of the molecule is COCCn1ncc(Br)c1C(NN)c1ccc(Cl)cc1C. The number of hydrogen-bond donors (Lipinski definition) is 2. The lowest BCUT2D eigenvalue weighted by Gasteiger charge is -2.21. The van der Waals surface area contributed by atoms with Gasteiger partial charge in [0.1, 0.15) is 0 Å². The first-order chi connectivity index (χ1) is 10.1. The van der Waals surface area contributed by atoms with E-state index in [0.717, 1.165) is 21.3 Å². The molecule has 1 atom stereocenters. The third-order valence-electron chi connectivity index (χ3n) is 3.32. The Morgan fingerprint density at radius 2 is 2.29 bits per heavy atom. The van der Waals surface area contributed by atoms with Crippen LogP contribution in [0, 0.1) is 6.92 Å². The van der Waals surface area contributed by atoms with Gasteiger partial charge in [0.25, 0.3) is 0 Å². The molecule has 2 aromatic rings. The maximum atomic E-state index is 6.03. The van der Waals surface area contributed by atoms with Crippen LogP contribution in [-0.2, 0) is 11.3 Å². The fourth-order valence-corrected chi connectivity index (χ4v) is 3.05. The highest BCUT2D eigenvalue weighted by molar-refractivity contribution is 9.10. The van der Waals surface area contributed by atoms with Gasteiger partial charge in [0.15, 0.2) is 0 Å². The van der Waals surface area contributed by atoms with E-state index in [1.165, 1.54) is 0 Å². The van der Waals surface area contributed by atoms with Gasteiger partial charge in [-0.25, -0.2) is 5.43 Å². The minimum atomic E-state index is -0.184. The van der Waals surface area contributed by atoms with Crippen LogP contribution in [0.3, 0.4) is 0 Å². The van der Waals surface area contributed by atoms with Crippen LogP contribution in [0.2, 0.25) is 5.02 Å². The third kappa shape index (κ3) is 3.64. The standard InChI is InChI=1S/C14H18BrClN4O/c1-9-7-10(16)3-4-11(9)13(19-17)14-12(15)8-18-20(14)5-6-21-2/h3-4,7-8,13,19H,5-6,17H2,1-2H3. The summed E-state index contributed by atoms with van der Waals surface area (Å²) in [5.74, 6) is 5.79. The monoisotopic (exact) mass is 372 g/mol. The van der Waals surface area contributed by atoms with Gasteiger partial charge in [-0.3, -0.25) is 10.5 Å². The third-order valence-corrected chi connectivity index (χ3v) is 4.17. The Hall–Kier alpha value is -0.920. The maximum absolute atomic E-state index is 6.03. The number of rotatable bonds is 6. The summed E-state index contributed by atoms with van der Waals surface area (Å²) in [4.78, 5) is 0. The quantitative estimate of drug-likeness (QED) is 0.604. The Morgan fingerprint density at radius 1 is 1.52 bits per heavy atom. The van der Waals surface area contributed by atoms with Crippen molar-refractivity contribution in [3.63, 3.8) is 0 Å². The molecule has 21 heavy (non-hydrogen) atoms. The number of nitrogens with two attached hydrogens (primary N) is 1. The minimum absolute atomic E-state index is 0.184. The maximum Gasteiger partial charge on any atom is 0.0892 e. The van der Waals surface area contributed by atoms with Crippen LogP contribution in [0.25, 0.3) is 0 Å². The molecular formula is C14H18BrClN4O. The molecule has 1 unspecified atom stereocenters. The lowest BCUT2D eigenvalue weighted by Crippen LogP contribution is -2.31. The Bertz CT molecular complexity index is 617. The van der Waals surface area contributed by atoms with Crippen molar-refractivity contribution < 1.29 is 4.74 Å². The molecule has 0 amide bonds. The van der Waals surface area contributed by atoms with E-state index in [0.29, 0.717) is 18.2 Å². The van der Waals surface area contributed by atoms with Crippen molar-refractivity contribution in [1.82, 2.24) is 15.2 Å². The fourth-order valence-electron chi connectivity index (χ4n) is 2.29. The number of benzene rings is 1. The molecule has 0 spiro atoms. The summed E-state index contributed by atoms with van der Waals surface area (Å²) in [7, 11) is 1.67. The predicted molar refractivity (Wildman–Crippen MR) is 87.2 cm³/mol. The summed E-state index contributed by atoms with van der Waals surface area (Å²) < 4.78 is 7.90.